The Morgan fingerprint density at radius 3 is 2.56 bits per heavy atom. The predicted octanol–water partition coefficient (Wildman–Crippen LogP) is 4.07. The van der Waals surface area contributed by atoms with E-state index in [2.05, 4.69) is 5.32 Å². The molecule has 0 unspecified atom stereocenters. The van der Waals surface area contributed by atoms with Crippen LogP contribution in [0.15, 0.2) is 42.5 Å². The van der Waals surface area contributed by atoms with Crippen LogP contribution >= 0.6 is 0 Å². The molecule has 1 N–H and O–H groups in total. The van der Waals surface area contributed by atoms with Crippen molar-refractivity contribution in [2.24, 2.45) is 0 Å². The third kappa shape index (κ3) is 7.75. The number of alkyl halides is 3. The molecule has 2 aliphatic heterocycles. The Kier molecular flexibility index (Phi) is 10.2. The van der Waals surface area contributed by atoms with E-state index in [4.69, 9.17) is 4.74 Å². The van der Waals surface area contributed by atoms with Gasteiger partial charge in [0.25, 0.3) is 0 Å². The lowest BCUT2D eigenvalue weighted by Crippen LogP contribution is -2.71. The number of benzene rings is 2. The van der Waals surface area contributed by atoms with Crippen LogP contribution in [0.5, 0.6) is 5.75 Å². The number of piperazine rings is 1. The maximum Gasteiger partial charge on any atom is 0.416 e. The number of rotatable bonds is 10. The Morgan fingerprint density at radius 2 is 1.86 bits per heavy atom. The Morgan fingerprint density at radius 1 is 1.12 bits per heavy atom. The van der Waals surface area contributed by atoms with Crippen molar-refractivity contribution in [1.29, 1.82) is 0 Å². The normalized spacial score (nSPS) is 19.1. The summed E-state index contributed by atoms with van der Waals surface area (Å²) in [5, 5.41) is 2.58. The van der Waals surface area contributed by atoms with Gasteiger partial charge in [0.05, 0.1) is 19.2 Å². The van der Waals surface area contributed by atoms with Crippen molar-refractivity contribution in [3.63, 3.8) is 0 Å². The van der Waals surface area contributed by atoms with Crippen molar-refractivity contribution >= 4 is 17.8 Å². The summed E-state index contributed by atoms with van der Waals surface area (Å²) in [7, 11) is 5.44. The molecular weight excluding hydrogens is 570 g/mol. The fourth-order valence-electron chi connectivity index (χ4n) is 5.64. The molecule has 0 aliphatic carbocycles. The van der Waals surface area contributed by atoms with Crippen LogP contribution in [-0.2, 0) is 28.9 Å². The lowest BCUT2D eigenvalue weighted by Gasteiger charge is -2.52. The average Bonchev–Trinajstić information content (AvgIpc) is 2.95. The van der Waals surface area contributed by atoms with Crippen LogP contribution < -0.4 is 10.1 Å². The second-order valence-electron chi connectivity index (χ2n) is 11.1. The van der Waals surface area contributed by atoms with Crippen LogP contribution in [0.3, 0.4) is 0 Å². The number of urea groups is 1. The number of ether oxygens (including phenoxy) is 1. The van der Waals surface area contributed by atoms with E-state index < -0.39 is 35.8 Å². The maximum atomic E-state index is 13.9. The number of hydrogen-bond acceptors (Lipinski definition) is 5. The molecule has 0 spiro atoms. The van der Waals surface area contributed by atoms with Crippen LogP contribution in [0.1, 0.15) is 42.4 Å². The Labute approximate surface area is 248 Å². The average molecular weight is 608 g/mol. The van der Waals surface area contributed by atoms with Crippen LogP contribution in [0, 0.1) is 5.82 Å². The Bertz CT molecular complexity index is 1320. The van der Waals surface area contributed by atoms with Crippen molar-refractivity contribution in [3.8, 4) is 5.75 Å². The first kappa shape index (κ1) is 32.1. The number of amides is 4. The third-order valence-electron chi connectivity index (χ3n) is 7.73. The molecule has 2 aromatic carbocycles. The van der Waals surface area contributed by atoms with Crippen molar-refractivity contribution in [2.45, 2.75) is 57.2 Å². The minimum Gasteiger partial charge on any atom is -0.496 e. The number of carbonyl (C=O) groups excluding carboxylic acids is 3. The van der Waals surface area contributed by atoms with Crippen LogP contribution in [0.2, 0.25) is 0 Å². The van der Waals surface area contributed by atoms with Gasteiger partial charge < -0.3 is 29.7 Å². The number of carbonyl (C=O) groups is 3. The summed E-state index contributed by atoms with van der Waals surface area (Å²) in [6.07, 6.45) is -3.62. The molecular formula is C30H37F4N5O4. The summed E-state index contributed by atoms with van der Waals surface area (Å²) in [5.74, 6) is -0.925. The van der Waals surface area contributed by atoms with E-state index in [-0.39, 0.29) is 50.0 Å². The van der Waals surface area contributed by atoms with Gasteiger partial charge in [-0.3, -0.25) is 9.59 Å². The van der Waals surface area contributed by atoms with Gasteiger partial charge >= 0.3 is 12.2 Å². The third-order valence-corrected chi connectivity index (χ3v) is 7.73. The SMILES string of the molecule is COc1ccccc1CN1C[C@@H]2N(C(=O)NCc3cc(F)cc(C(F)(F)F)c3)CCC(=O)N2[C@@H](CCCCN(C)C)C1=O. The van der Waals surface area contributed by atoms with Gasteiger partial charge in [-0.25, -0.2) is 9.18 Å². The number of halogens is 4. The second kappa shape index (κ2) is 13.6. The number of nitrogens with zero attached hydrogens (tertiary/aromatic N) is 4. The molecule has 4 amide bonds. The first-order valence-corrected chi connectivity index (χ1v) is 14.2. The fraction of sp³-hybridized carbons (Fsp3) is 0.500. The highest BCUT2D eigenvalue weighted by atomic mass is 19.4. The van der Waals surface area contributed by atoms with E-state index in [0.717, 1.165) is 30.7 Å². The summed E-state index contributed by atoms with van der Waals surface area (Å²) in [5.41, 5.74) is -0.440. The molecule has 4 rings (SSSR count). The van der Waals surface area contributed by atoms with E-state index in [9.17, 15) is 31.9 Å². The van der Waals surface area contributed by atoms with E-state index in [1.54, 1.807) is 11.0 Å². The summed E-state index contributed by atoms with van der Waals surface area (Å²) < 4.78 is 58.9. The minimum atomic E-state index is -4.74. The minimum absolute atomic E-state index is 0.00388. The van der Waals surface area contributed by atoms with E-state index in [0.29, 0.717) is 24.7 Å². The van der Waals surface area contributed by atoms with E-state index in [1.807, 2.05) is 37.2 Å². The Hall–Kier alpha value is -3.87. The molecule has 9 nitrogen and oxygen atoms in total. The van der Waals surface area contributed by atoms with Crippen molar-refractivity contribution < 1.29 is 36.7 Å². The smallest absolute Gasteiger partial charge is 0.416 e. The van der Waals surface area contributed by atoms with Gasteiger partial charge in [-0.2, -0.15) is 13.2 Å². The van der Waals surface area contributed by atoms with Gasteiger partial charge in [0, 0.05) is 31.6 Å². The first-order valence-electron chi connectivity index (χ1n) is 14.2. The fourth-order valence-corrected chi connectivity index (χ4v) is 5.64. The zero-order chi connectivity index (χ0) is 31.3. The summed E-state index contributed by atoms with van der Waals surface area (Å²) in [6, 6.07) is 7.98. The molecule has 43 heavy (non-hydrogen) atoms. The number of para-hydroxylation sites is 1. The maximum absolute atomic E-state index is 13.9. The van der Waals surface area contributed by atoms with Gasteiger partial charge in [-0.05, 0) is 69.7 Å². The summed E-state index contributed by atoms with van der Waals surface area (Å²) >= 11 is 0. The molecule has 2 atom stereocenters. The lowest BCUT2D eigenvalue weighted by molar-refractivity contribution is -0.167. The number of methoxy groups -OCH3 is 1. The lowest BCUT2D eigenvalue weighted by atomic mass is 9.98. The molecule has 0 aromatic heterocycles. The standard InChI is InChI=1S/C30H37F4N5O4/c1-36(2)12-7-6-9-24-28(41)37(18-21-8-4-5-10-25(21)43-3)19-26-38(13-11-27(40)39(24)26)29(42)35-17-20-14-22(30(32,33)34)16-23(31)15-20/h4-5,8,10,14-16,24,26H,6-7,9,11-13,17-19H2,1-3H3,(H,35,42)/t24-,26+/m0/s1. The topological polar surface area (TPSA) is 85.4 Å². The van der Waals surface area contributed by atoms with Crippen molar-refractivity contribution in [1.82, 2.24) is 24.9 Å². The van der Waals surface area contributed by atoms with Gasteiger partial charge in [-0.1, -0.05) is 18.2 Å². The molecule has 0 radical (unpaired) electrons. The highest BCUT2D eigenvalue weighted by Crippen LogP contribution is 2.32. The monoisotopic (exact) mass is 607 g/mol. The quantitative estimate of drug-likeness (QED) is 0.325. The molecule has 2 aliphatic rings. The van der Waals surface area contributed by atoms with E-state index in [1.165, 1.54) is 16.9 Å². The molecule has 2 saturated heterocycles. The summed E-state index contributed by atoms with van der Waals surface area (Å²) in [6.45, 7) is 0.770. The molecule has 2 heterocycles. The zero-order valence-corrected chi connectivity index (χ0v) is 24.5. The molecule has 0 saturated carbocycles. The predicted molar refractivity (Wildman–Crippen MR) is 150 cm³/mol. The zero-order valence-electron chi connectivity index (χ0n) is 24.5. The van der Waals surface area contributed by atoms with Gasteiger partial charge in [0.1, 0.15) is 23.8 Å². The molecule has 234 valence electrons. The highest BCUT2D eigenvalue weighted by Gasteiger charge is 2.48. The highest BCUT2D eigenvalue weighted by molar-refractivity contribution is 5.91. The number of unbranched alkanes of at least 4 members (excludes halogenated alkanes) is 1. The Balaban J connectivity index is 1.57. The van der Waals surface area contributed by atoms with Crippen LogP contribution in [-0.4, -0.2) is 90.5 Å². The number of hydrogen-bond donors (Lipinski definition) is 1. The second-order valence-corrected chi connectivity index (χ2v) is 11.1. The van der Waals surface area contributed by atoms with Crippen LogP contribution in [0.25, 0.3) is 0 Å². The molecule has 13 heteroatoms. The number of fused-ring (bicyclic) bond motifs is 1. The first-order chi connectivity index (χ1) is 20.4. The largest absolute Gasteiger partial charge is 0.496 e. The van der Waals surface area contributed by atoms with E-state index >= 15 is 0 Å². The van der Waals surface area contributed by atoms with Crippen molar-refractivity contribution in [3.05, 3.63) is 65.0 Å². The molecule has 2 aromatic rings. The van der Waals surface area contributed by atoms with Crippen molar-refractivity contribution in [2.75, 3.05) is 40.8 Å². The van der Waals surface area contributed by atoms with Crippen LogP contribution in [0.4, 0.5) is 22.4 Å². The van der Waals surface area contributed by atoms with Gasteiger partial charge in [0.2, 0.25) is 11.8 Å². The summed E-state index contributed by atoms with van der Waals surface area (Å²) in [4.78, 5) is 47.1. The molecule has 0 bridgehead atoms. The molecule has 2 fully saturated rings. The van der Waals surface area contributed by atoms with Gasteiger partial charge in [0.15, 0.2) is 0 Å². The number of nitrogens with one attached hydrogen (secondary N) is 1. The van der Waals surface area contributed by atoms with Gasteiger partial charge in [-0.15, -0.1) is 0 Å².